The number of carbonyl (C=O) groups is 1. The predicted molar refractivity (Wildman–Crippen MR) is 77.3 cm³/mol. The van der Waals surface area contributed by atoms with Gasteiger partial charge in [0.05, 0.1) is 12.7 Å². The lowest BCUT2D eigenvalue weighted by atomic mass is 10.2. The molecule has 0 saturated carbocycles. The SMILES string of the molecule is COc1cc(C(=O)O)ccc1OCCOc1ccc(F)cc1. The van der Waals surface area contributed by atoms with Crippen LogP contribution >= 0.6 is 0 Å². The van der Waals surface area contributed by atoms with Gasteiger partial charge in [-0.2, -0.15) is 0 Å². The molecule has 0 radical (unpaired) electrons. The molecule has 0 aromatic heterocycles. The van der Waals surface area contributed by atoms with Gasteiger partial charge in [-0.25, -0.2) is 9.18 Å². The maximum Gasteiger partial charge on any atom is 0.335 e. The van der Waals surface area contributed by atoms with E-state index in [2.05, 4.69) is 0 Å². The Hall–Kier alpha value is -2.76. The summed E-state index contributed by atoms with van der Waals surface area (Å²) in [4.78, 5) is 10.9. The van der Waals surface area contributed by atoms with Crippen molar-refractivity contribution in [3.05, 3.63) is 53.8 Å². The molecular formula is C16H15FO5. The molecule has 0 aliphatic heterocycles. The number of hydrogen-bond acceptors (Lipinski definition) is 4. The second-order valence-corrected chi connectivity index (χ2v) is 4.32. The minimum atomic E-state index is -1.04. The number of ether oxygens (including phenoxy) is 3. The van der Waals surface area contributed by atoms with E-state index in [1.807, 2.05) is 0 Å². The molecule has 0 atom stereocenters. The van der Waals surface area contributed by atoms with Gasteiger partial charge >= 0.3 is 5.97 Å². The van der Waals surface area contributed by atoms with E-state index in [1.165, 1.54) is 49.6 Å². The van der Waals surface area contributed by atoms with E-state index < -0.39 is 5.97 Å². The van der Waals surface area contributed by atoms with E-state index >= 15 is 0 Å². The van der Waals surface area contributed by atoms with Gasteiger partial charge in [0.1, 0.15) is 24.8 Å². The van der Waals surface area contributed by atoms with Crippen LogP contribution in [0.5, 0.6) is 17.2 Å². The van der Waals surface area contributed by atoms with Gasteiger partial charge in [0, 0.05) is 0 Å². The average molecular weight is 306 g/mol. The van der Waals surface area contributed by atoms with E-state index in [0.717, 1.165) is 0 Å². The molecule has 6 heteroatoms. The molecule has 0 saturated heterocycles. The second-order valence-electron chi connectivity index (χ2n) is 4.32. The van der Waals surface area contributed by atoms with Gasteiger partial charge in [-0.1, -0.05) is 0 Å². The zero-order chi connectivity index (χ0) is 15.9. The number of benzene rings is 2. The third kappa shape index (κ3) is 4.12. The Bertz CT molecular complexity index is 639. The summed E-state index contributed by atoms with van der Waals surface area (Å²) in [5.74, 6) is -0.0635. The zero-order valence-corrected chi connectivity index (χ0v) is 11.9. The maximum absolute atomic E-state index is 12.7. The highest BCUT2D eigenvalue weighted by atomic mass is 19.1. The van der Waals surface area contributed by atoms with Crippen LogP contribution in [0.25, 0.3) is 0 Å². The van der Waals surface area contributed by atoms with Crippen LogP contribution in [0, 0.1) is 5.82 Å². The lowest BCUT2D eigenvalue weighted by molar-refractivity contribution is 0.0696. The van der Waals surface area contributed by atoms with Crippen molar-refractivity contribution in [3.8, 4) is 17.2 Å². The first-order chi connectivity index (χ1) is 10.6. The van der Waals surface area contributed by atoms with E-state index in [0.29, 0.717) is 17.2 Å². The highest BCUT2D eigenvalue weighted by molar-refractivity contribution is 5.88. The number of aromatic carboxylic acids is 1. The van der Waals surface area contributed by atoms with Crippen molar-refractivity contribution in [1.82, 2.24) is 0 Å². The smallest absolute Gasteiger partial charge is 0.335 e. The van der Waals surface area contributed by atoms with E-state index in [9.17, 15) is 9.18 Å². The number of carboxylic acid groups (broad SMARTS) is 1. The fourth-order valence-electron chi connectivity index (χ4n) is 1.76. The molecule has 0 fully saturated rings. The Balaban J connectivity index is 1.88. The maximum atomic E-state index is 12.7. The van der Waals surface area contributed by atoms with Crippen LogP contribution in [-0.2, 0) is 0 Å². The first-order valence-corrected chi connectivity index (χ1v) is 6.52. The number of carboxylic acids is 1. The number of hydrogen-bond donors (Lipinski definition) is 1. The van der Waals surface area contributed by atoms with E-state index in [1.54, 1.807) is 0 Å². The Morgan fingerprint density at radius 3 is 2.36 bits per heavy atom. The number of rotatable bonds is 7. The molecule has 22 heavy (non-hydrogen) atoms. The minimum Gasteiger partial charge on any atom is -0.493 e. The van der Waals surface area contributed by atoms with Crippen LogP contribution in [0.3, 0.4) is 0 Å². The molecule has 2 aromatic rings. The van der Waals surface area contributed by atoms with Gasteiger partial charge < -0.3 is 19.3 Å². The van der Waals surface area contributed by atoms with Gasteiger partial charge in [0.25, 0.3) is 0 Å². The van der Waals surface area contributed by atoms with Crippen LogP contribution in [0.1, 0.15) is 10.4 Å². The quantitative estimate of drug-likeness (QED) is 0.797. The summed E-state index contributed by atoms with van der Waals surface area (Å²) < 4.78 is 28.7. The summed E-state index contributed by atoms with van der Waals surface area (Å²) in [6.07, 6.45) is 0. The zero-order valence-electron chi connectivity index (χ0n) is 11.9. The van der Waals surface area contributed by atoms with Gasteiger partial charge in [0.15, 0.2) is 11.5 Å². The highest BCUT2D eigenvalue weighted by Crippen LogP contribution is 2.28. The van der Waals surface area contributed by atoms with Crippen LogP contribution in [0.15, 0.2) is 42.5 Å². The average Bonchev–Trinajstić information content (AvgIpc) is 2.53. The second kappa shape index (κ2) is 7.31. The lowest BCUT2D eigenvalue weighted by Gasteiger charge is -2.12. The molecule has 116 valence electrons. The van der Waals surface area contributed by atoms with Gasteiger partial charge in [0.2, 0.25) is 0 Å². The Kier molecular flexibility index (Phi) is 5.19. The molecule has 0 aliphatic rings. The molecule has 0 bridgehead atoms. The van der Waals surface area contributed by atoms with Crippen LogP contribution < -0.4 is 14.2 Å². The van der Waals surface area contributed by atoms with Crippen molar-refractivity contribution in [2.24, 2.45) is 0 Å². The topological polar surface area (TPSA) is 65.0 Å². The van der Waals surface area contributed by atoms with Gasteiger partial charge in [-0.15, -0.1) is 0 Å². The largest absolute Gasteiger partial charge is 0.493 e. The normalized spacial score (nSPS) is 10.1. The summed E-state index contributed by atoms with van der Waals surface area (Å²) >= 11 is 0. The van der Waals surface area contributed by atoms with Gasteiger partial charge in [-0.3, -0.25) is 0 Å². The van der Waals surface area contributed by atoms with Gasteiger partial charge in [-0.05, 0) is 42.5 Å². The standard InChI is InChI=1S/C16H15FO5/c1-20-15-10-11(16(18)19)2-7-14(15)22-9-8-21-13-5-3-12(17)4-6-13/h2-7,10H,8-9H2,1H3,(H,18,19). The molecule has 1 N–H and O–H groups in total. The predicted octanol–water partition coefficient (Wildman–Crippen LogP) is 2.99. The fourth-order valence-corrected chi connectivity index (χ4v) is 1.76. The first-order valence-electron chi connectivity index (χ1n) is 6.52. The molecule has 2 aromatic carbocycles. The van der Waals surface area contributed by atoms with Crippen molar-refractivity contribution >= 4 is 5.97 Å². The molecular weight excluding hydrogens is 291 g/mol. The van der Waals surface area contributed by atoms with Crippen molar-refractivity contribution in [3.63, 3.8) is 0 Å². The number of halogens is 1. The third-order valence-corrected chi connectivity index (χ3v) is 2.83. The fraction of sp³-hybridized carbons (Fsp3) is 0.188. The summed E-state index contributed by atoms with van der Waals surface area (Å²) in [5.41, 5.74) is 0.117. The van der Waals surface area contributed by atoms with Crippen LogP contribution in [0.4, 0.5) is 4.39 Å². The van der Waals surface area contributed by atoms with Crippen LogP contribution in [0.2, 0.25) is 0 Å². The third-order valence-electron chi connectivity index (χ3n) is 2.83. The Labute approximate surface area is 126 Å². The molecule has 0 aliphatic carbocycles. The summed E-state index contributed by atoms with van der Waals surface area (Å²) in [7, 11) is 1.43. The van der Waals surface area contributed by atoms with E-state index in [4.69, 9.17) is 19.3 Å². The van der Waals surface area contributed by atoms with Crippen molar-refractivity contribution in [2.75, 3.05) is 20.3 Å². The molecule has 0 spiro atoms. The lowest BCUT2D eigenvalue weighted by Crippen LogP contribution is -2.10. The molecule has 2 rings (SSSR count). The summed E-state index contributed by atoms with van der Waals surface area (Å²) in [6.45, 7) is 0.496. The van der Waals surface area contributed by atoms with Crippen molar-refractivity contribution < 1.29 is 28.5 Å². The highest BCUT2D eigenvalue weighted by Gasteiger charge is 2.09. The molecule has 0 unspecified atom stereocenters. The summed E-state index contributed by atoms with van der Waals surface area (Å²) in [5, 5.41) is 8.91. The van der Waals surface area contributed by atoms with Crippen molar-refractivity contribution in [2.45, 2.75) is 0 Å². The molecule has 0 amide bonds. The Morgan fingerprint density at radius 2 is 1.73 bits per heavy atom. The van der Waals surface area contributed by atoms with E-state index in [-0.39, 0.29) is 24.6 Å². The monoisotopic (exact) mass is 306 g/mol. The molecule has 0 heterocycles. The van der Waals surface area contributed by atoms with Crippen molar-refractivity contribution in [1.29, 1.82) is 0 Å². The van der Waals surface area contributed by atoms with Crippen LogP contribution in [-0.4, -0.2) is 31.4 Å². The summed E-state index contributed by atoms with van der Waals surface area (Å²) in [6, 6.07) is 10.0. The minimum absolute atomic E-state index is 0.117. The first kappa shape index (κ1) is 15.6. The molecule has 5 nitrogen and oxygen atoms in total. The Morgan fingerprint density at radius 1 is 1.05 bits per heavy atom. The number of methoxy groups -OCH3 is 1.